The molecule has 0 aliphatic heterocycles. The number of benzene rings is 1. The molecule has 0 fully saturated rings. The van der Waals surface area contributed by atoms with Crippen LogP contribution in [0.5, 0.6) is 0 Å². The van der Waals surface area contributed by atoms with Gasteiger partial charge < -0.3 is 5.11 Å². The minimum Gasteiger partial charge on any atom is -0.388 e. The van der Waals surface area contributed by atoms with Crippen molar-refractivity contribution in [2.75, 3.05) is 0 Å². The van der Waals surface area contributed by atoms with Crippen molar-refractivity contribution in [3.05, 3.63) is 57.5 Å². The van der Waals surface area contributed by atoms with Gasteiger partial charge in [0.15, 0.2) is 0 Å². The van der Waals surface area contributed by atoms with Gasteiger partial charge in [0.05, 0.1) is 11.7 Å². The van der Waals surface area contributed by atoms with Gasteiger partial charge in [0, 0.05) is 11.3 Å². The second-order valence-corrected chi connectivity index (χ2v) is 5.06. The van der Waals surface area contributed by atoms with E-state index in [0.717, 1.165) is 17.0 Å². The third kappa shape index (κ3) is 3.33. The molecule has 1 heterocycles. The Labute approximate surface area is 111 Å². The van der Waals surface area contributed by atoms with Crippen LogP contribution in [-0.2, 0) is 12.6 Å². The molecule has 0 amide bonds. The molecule has 19 heavy (non-hydrogen) atoms. The fraction of sp³-hybridized carbons (Fsp3) is 0.231. The molecule has 1 unspecified atom stereocenters. The average Bonchev–Trinajstić information content (AvgIpc) is 2.80. The molecule has 1 nitrogen and oxygen atoms in total. The molecule has 0 aliphatic rings. The molecule has 1 atom stereocenters. The molecule has 1 N–H and O–H groups in total. The molecule has 0 aliphatic carbocycles. The van der Waals surface area contributed by atoms with E-state index in [4.69, 9.17) is 0 Å². The number of aliphatic hydroxyl groups excluding tert-OH is 1. The van der Waals surface area contributed by atoms with Gasteiger partial charge in [-0.15, -0.1) is 11.3 Å². The van der Waals surface area contributed by atoms with Crippen LogP contribution in [0, 0.1) is 5.82 Å². The Morgan fingerprint density at radius 2 is 1.95 bits per heavy atom. The van der Waals surface area contributed by atoms with Crippen LogP contribution in [0.4, 0.5) is 17.6 Å². The van der Waals surface area contributed by atoms with E-state index in [1.54, 1.807) is 17.5 Å². The van der Waals surface area contributed by atoms with Crippen LogP contribution < -0.4 is 0 Å². The molecule has 0 saturated heterocycles. The molecule has 0 spiro atoms. The van der Waals surface area contributed by atoms with E-state index in [1.165, 1.54) is 11.3 Å². The third-order valence-electron chi connectivity index (χ3n) is 2.65. The Kier molecular flexibility index (Phi) is 3.91. The van der Waals surface area contributed by atoms with Gasteiger partial charge in [0.1, 0.15) is 5.82 Å². The summed E-state index contributed by atoms with van der Waals surface area (Å²) in [7, 11) is 0. The van der Waals surface area contributed by atoms with E-state index >= 15 is 0 Å². The van der Waals surface area contributed by atoms with Crippen molar-refractivity contribution < 1.29 is 22.7 Å². The van der Waals surface area contributed by atoms with Crippen LogP contribution in [0.2, 0.25) is 0 Å². The van der Waals surface area contributed by atoms with Gasteiger partial charge >= 0.3 is 6.18 Å². The van der Waals surface area contributed by atoms with E-state index < -0.39 is 29.2 Å². The third-order valence-corrected chi connectivity index (χ3v) is 3.55. The first-order valence-corrected chi connectivity index (χ1v) is 6.33. The topological polar surface area (TPSA) is 20.2 Å². The van der Waals surface area contributed by atoms with E-state index in [0.29, 0.717) is 6.07 Å². The van der Waals surface area contributed by atoms with Crippen LogP contribution in [0.3, 0.4) is 0 Å². The minimum atomic E-state index is -4.61. The van der Waals surface area contributed by atoms with Crippen molar-refractivity contribution in [3.63, 3.8) is 0 Å². The first kappa shape index (κ1) is 14.0. The number of halogens is 4. The number of alkyl halides is 3. The summed E-state index contributed by atoms with van der Waals surface area (Å²) in [6, 6.07) is 5.58. The number of hydrogen-bond acceptors (Lipinski definition) is 2. The molecule has 1 aromatic heterocycles. The quantitative estimate of drug-likeness (QED) is 0.841. The van der Waals surface area contributed by atoms with Gasteiger partial charge in [-0.25, -0.2) is 4.39 Å². The SMILES string of the molecule is OC(Cc1cccs1)c1cc(F)ccc1C(F)(F)F. The molecule has 2 rings (SSSR count). The lowest BCUT2D eigenvalue weighted by Gasteiger charge is -2.17. The summed E-state index contributed by atoms with van der Waals surface area (Å²) >= 11 is 1.33. The normalized spacial score (nSPS) is 13.5. The van der Waals surface area contributed by atoms with Crippen LogP contribution in [-0.4, -0.2) is 5.11 Å². The van der Waals surface area contributed by atoms with Gasteiger partial charge in [-0.2, -0.15) is 13.2 Å². The monoisotopic (exact) mass is 290 g/mol. The molecular weight excluding hydrogens is 280 g/mol. The highest BCUT2D eigenvalue weighted by Gasteiger charge is 2.35. The second kappa shape index (κ2) is 5.30. The minimum absolute atomic E-state index is 0.0319. The van der Waals surface area contributed by atoms with Gasteiger partial charge in [-0.05, 0) is 35.2 Å². The largest absolute Gasteiger partial charge is 0.416 e. The Balaban J connectivity index is 2.34. The Bertz CT molecular complexity index is 548. The smallest absolute Gasteiger partial charge is 0.388 e. The summed E-state index contributed by atoms with van der Waals surface area (Å²) in [5.41, 5.74) is -1.43. The van der Waals surface area contributed by atoms with Crippen molar-refractivity contribution >= 4 is 11.3 Å². The standard InChI is InChI=1S/C13H10F4OS/c14-8-3-4-11(13(15,16)17)10(6-8)12(18)7-9-2-1-5-19-9/h1-6,12,18H,7H2. The van der Waals surface area contributed by atoms with Gasteiger partial charge in [0.2, 0.25) is 0 Å². The molecule has 0 radical (unpaired) electrons. The molecule has 0 bridgehead atoms. The zero-order valence-electron chi connectivity index (χ0n) is 9.62. The summed E-state index contributed by atoms with van der Waals surface area (Å²) < 4.78 is 51.5. The lowest BCUT2D eigenvalue weighted by Crippen LogP contribution is -2.13. The Hall–Kier alpha value is -1.40. The fourth-order valence-electron chi connectivity index (χ4n) is 1.80. The first-order valence-electron chi connectivity index (χ1n) is 5.45. The van der Waals surface area contributed by atoms with Crippen LogP contribution in [0.25, 0.3) is 0 Å². The van der Waals surface area contributed by atoms with Gasteiger partial charge in [0.25, 0.3) is 0 Å². The van der Waals surface area contributed by atoms with E-state index in [2.05, 4.69) is 0 Å². The van der Waals surface area contributed by atoms with Gasteiger partial charge in [-0.1, -0.05) is 6.07 Å². The van der Waals surface area contributed by atoms with Crippen LogP contribution >= 0.6 is 11.3 Å². The second-order valence-electron chi connectivity index (χ2n) is 4.03. The predicted molar refractivity (Wildman–Crippen MR) is 64.4 cm³/mol. The van der Waals surface area contributed by atoms with Crippen LogP contribution in [0.1, 0.15) is 22.1 Å². The molecule has 6 heteroatoms. The summed E-state index contributed by atoms with van der Waals surface area (Å²) in [5.74, 6) is -0.798. The summed E-state index contributed by atoms with van der Waals surface area (Å²) in [5, 5.41) is 11.7. The number of thiophene rings is 1. The van der Waals surface area contributed by atoms with Crippen molar-refractivity contribution in [1.29, 1.82) is 0 Å². The van der Waals surface area contributed by atoms with Crippen molar-refractivity contribution in [3.8, 4) is 0 Å². The van der Waals surface area contributed by atoms with E-state index in [9.17, 15) is 22.7 Å². The zero-order valence-corrected chi connectivity index (χ0v) is 10.4. The Morgan fingerprint density at radius 3 is 2.53 bits per heavy atom. The molecular formula is C13H10F4OS. The zero-order chi connectivity index (χ0) is 14.0. The van der Waals surface area contributed by atoms with Gasteiger partial charge in [-0.3, -0.25) is 0 Å². The average molecular weight is 290 g/mol. The van der Waals surface area contributed by atoms with Crippen molar-refractivity contribution in [2.45, 2.75) is 18.7 Å². The molecule has 2 aromatic rings. The summed E-state index contributed by atoms with van der Waals surface area (Å²) in [6.07, 6.45) is -5.96. The number of rotatable bonds is 3. The molecule has 0 saturated carbocycles. The highest BCUT2D eigenvalue weighted by atomic mass is 32.1. The highest BCUT2D eigenvalue weighted by Crippen LogP contribution is 2.36. The Morgan fingerprint density at radius 1 is 1.21 bits per heavy atom. The highest BCUT2D eigenvalue weighted by molar-refractivity contribution is 7.09. The number of aliphatic hydroxyl groups is 1. The maximum Gasteiger partial charge on any atom is 0.416 e. The fourth-order valence-corrected chi connectivity index (χ4v) is 2.54. The summed E-state index contributed by atoms with van der Waals surface area (Å²) in [4.78, 5) is 0.741. The predicted octanol–water partition coefficient (Wildman–Crippen LogP) is 4.18. The maximum absolute atomic E-state index is 13.1. The lowest BCUT2D eigenvalue weighted by atomic mass is 9.99. The number of hydrogen-bond donors (Lipinski definition) is 1. The maximum atomic E-state index is 13.1. The molecule has 102 valence electrons. The van der Waals surface area contributed by atoms with E-state index in [-0.39, 0.29) is 6.42 Å². The van der Waals surface area contributed by atoms with Crippen molar-refractivity contribution in [2.24, 2.45) is 0 Å². The van der Waals surface area contributed by atoms with Crippen LogP contribution in [0.15, 0.2) is 35.7 Å². The lowest BCUT2D eigenvalue weighted by molar-refractivity contribution is -0.139. The van der Waals surface area contributed by atoms with Crippen molar-refractivity contribution in [1.82, 2.24) is 0 Å². The molecule has 1 aromatic carbocycles. The first-order chi connectivity index (χ1) is 8.88. The van der Waals surface area contributed by atoms with E-state index in [1.807, 2.05) is 0 Å². The summed E-state index contributed by atoms with van der Waals surface area (Å²) in [6.45, 7) is 0.